The molecule has 1 N–H and O–H groups in total. The number of amides is 1. The molecular formula is C15H18N2O2S. The minimum atomic E-state index is -0.529. The number of rotatable bonds is 5. The van der Waals surface area contributed by atoms with Gasteiger partial charge in [-0.25, -0.2) is 4.98 Å². The number of nitrogens with zero attached hydrogens (tertiary/aromatic N) is 1. The Bertz CT molecular complexity index is 578. The van der Waals surface area contributed by atoms with Crippen molar-refractivity contribution in [1.82, 2.24) is 10.3 Å². The largest absolute Gasteiger partial charge is 0.481 e. The minimum absolute atomic E-state index is 0.140. The molecule has 0 aliphatic carbocycles. The Balaban J connectivity index is 1.84. The van der Waals surface area contributed by atoms with Gasteiger partial charge in [-0.15, -0.1) is 11.3 Å². The number of nitrogens with one attached hydrogen (secondary N) is 1. The van der Waals surface area contributed by atoms with Gasteiger partial charge >= 0.3 is 0 Å². The van der Waals surface area contributed by atoms with E-state index in [2.05, 4.69) is 10.3 Å². The average Bonchev–Trinajstić information content (AvgIpc) is 2.84. The van der Waals surface area contributed by atoms with Crippen molar-refractivity contribution in [2.75, 3.05) is 0 Å². The van der Waals surface area contributed by atoms with Crippen molar-refractivity contribution in [2.24, 2.45) is 0 Å². The summed E-state index contributed by atoms with van der Waals surface area (Å²) >= 11 is 1.54. The van der Waals surface area contributed by atoms with E-state index >= 15 is 0 Å². The number of aromatic nitrogens is 1. The molecule has 2 aromatic rings. The molecule has 1 aromatic carbocycles. The van der Waals surface area contributed by atoms with Crippen LogP contribution in [0.25, 0.3) is 0 Å². The van der Waals surface area contributed by atoms with Gasteiger partial charge in [0.25, 0.3) is 5.91 Å². The fraction of sp³-hybridized carbons (Fsp3) is 0.333. The number of hydrogen-bond acceptors (Lipinski definition) is 4. The molecule has 5 heteroatoms. The predicted octanol–water partition coefficient (Wildman–Crippen LogP) is 2.84. The Morgan fingerprint density at radius 2 is 2.05 bits per heavy atom. The molecule has 0 spiro atoms. The molecule has 0 radical (unpaired) electrons. The van der Waals surface area contributed by atoms with E-state index in [0.717, 1.165) is 16.3 Å². The standard InChI is InChI=1S/C15H18N2O2S/c1-10-4-6-13(7-5-10)19-12(3)15(18)16-8-14-17-11(2)9-20-14/h4-7,9,12H,8H2,1-3H3,(H,16,18). The van der Waals surface area contributed by atoms with Crippen molar-refractivity contribution in [3.63, 3.8) is 0 Å². The lowest BCUT2D eigenvalue weighted by molar-refractivity contribution is -0.127. The van der Waals surface area contributed by atoms with E-state index in [4.69, 9.17) is 4.74 Å². The number of aryl methyl sites for hydroxylation is 2. The number of carbonyl (C=O) groups excluding carboxylic acids is 1. The van der Waals surface area contributed by atoms with Gasteiger partial charge in [-0.05, 0) is 32.9 Å². The van der Waals surface area contributed by atoms with Gasteiger partial charge in [0.15, 0.2) is 6.10 Å². The van der Waals surface area contributed by atoms with Crippen molar-refractivity contribution >= 4 is 17.2 Å². The highest BCUT2D eigenvalue weighted by atomic mass is 32.1. The normalized spacial score (nSPS) is 11.9. The van der Waals surface area contributed by atoms with Gasteiger partial charge in [-0.2, -0.15) is 0 Å². The lowest BCUT2D eigenvalue weighted by Gasteiger charge is -2.14. The van der Waals surface area contributed by atoms with Gasteiger partial charge in [0.2, 0.25) is 0 Å². The van der Waals surface area contributed by atoms with E-state index in [0.29, 0.717) is 12.3 Å². The number of benzene rings is 1. The highest BCUT2D eigenvalue weighted by Crippen LogP contribution is 2.13. The van der Waals surface area contributed by atoms with Crippen LogP contribution in [-0.2, 0) is 11.3 Å². The fourth-order valence-electron chi connectivity index (χ4n) is 1.66. The first-order valence-electron chi connectivity index (χ1n) is 6.46. The smallest absolute Gasteiger partial charge is 0.261 e. The second-order valence-electron chi connectivity index (χ2n) is 4.67. The quantitative estimate of drug-likeness (QED) is 0.921. The van der Waals surface area contributed by atoms with Crippen molar-refractivity contribution in [3.05, 3.63) is 45.9 Å². The third kappa shape index (κ3) is 4.06. The maximum absolute atomic E-state index is 11.9. The summed E-state index contributed by atoms with van der Waals surface area (Å²) in [6.07, 6.45) is -0.529. The van der Waals surface area contributed by atoms with Gasteiger partial charge in [0, 0.05) is 11.1 Å². The fourth-order valence-corrected chi connectivity index (χ4v) is 2.38. The lowest BCUT2D eigenvalue weighted by Crippen LogP contribution is -2.35. The van der Waals surface area contributed by atoms with Crippen LogP contribution in [-0.4, -0.2) is 17.0 Å². The van der Waals surface area contributed by atoms with Crippen LogP contribution < -0.4 is 10.1 Å². The molecule has 1 aromatic heterocycles. The van der Waals surface area contributed by atoms with Crippen LogP contribution in [0, 0.1) is 13.8 Å². The summed E-state index contributed by atoms with van der Waals surface area (Å²) in [5.41, 5.74) is 2.14. The zero-order valence-corrected chi connectivity index (χ0v) is 12.7. The molecule has 2 rings (SSSR count). The second kappa shape index (κ2) is 6.52. The zero-order valence-electron chi connectivity index (χ0n) is 11.8. The second-order valence-corrected chi connectivity index (χ2v) is 5.62. The summed E-state index contributed by atoms with van der Waals surface area (Å²) in [6, 6.07) is 7.64. The van der Waals surface area contributed by atoms with Gasteiger partial charge in [0.05, 0.1) is 6.54 Å². The summed E-state index contributed by atoms with van der Waals surface area (Å²) in [6.45, 7) is 6.13. The SMILES string of the molecule is Cc1ccc(OC(C)C(=O)NCc2nc(C)cs2)cc1. The topological polar surface area (TPSA) is 51.2 Å². The maximum Gasteiger partial charge on any atom is 0.261 e. The molecule has 1 unspecified atom stereocenters. The summed E-state index contributed by atoms with van der Waals surface area (Å²) in [5, 5.41) is 5.69. The van der Waals surface area contributed by atoms with Crippen molar-refractivity contribution in [2.45, 2.75) is 33.4 Å². The van der Waals surface area contributed by atoms with Gasteiger partial charge < -0.3 is 10.1 Å². The molecule has 4 nitrogen and oxygen atoms in total. The van der Waals surface area contributed by atoms with E-state index in [9.17, 15) is 4.79 Å². The lowest BCUT2D eigenvalue weighted by atomic mass is 10.2. The monoisotopic (exact) mass is 290 g/mol. The molecule has 1 heterocycles. The van der Waals surface area contributed by atoms with Crippen molar-refractivity contribution < 1.29 is 9.53 Å². The molecule has 0 fully saturated rings. The zero-order chi connectivity index (χ0) is 14.5. The van der Waals surface area contributed by atoms with Crippen LogP contribution in [0.1, 0.15) is 23.2 Å². The van der Waals surface area contributed by atoms with Gasteiger partial charge in [0.1, 0.15) is 10.8 Å². The van der Waals surface area contributed by atoms with E-state index < -0.39 is 6.10 Å². The summed E-state index contributed by atoms with van der Waals surface area (Å²) in [7, 11) is 0. The van der Waals surface area contributed by atoms with Crippen LogP contribution in [0.2, 0.25) is 0 Å². The van der Waals surface area contributed by atoms with Crippen LogP contribution in [0.15, 0.2) is 29.6 Å². The third-order valence-electron chi connectivity index (χ3n) is 2.78. The summed E-state index contributed by atoms with van der Waals surface area (Å²) in [4.78, 5) is 16.2. The Hall–Kier alpha value is -1.88. The predicted molar refractivity (Wildman–Crippen MR) is 80.0 cm³/mol. The van der Waals surface area contributed by atoms with Gasteiger partial charge in [-0.1, -0.05) is 17.7 Å². The molecule has 1 atom stereocenters. The first kappa shape index (κ1) is 14.5. The number of hydrogen-bond donors (Lipinski definition) is 1. The summed E-state index contributed by atoms with van der Waals surface area (Å²) < 4.78 is 5.60. The number of ether oxygens (including phenoxy) is 1. The Labute approximate surface area is 122 Å². The van der Waals surface area contributed by atoms with E-state index in [1.54, 1.807) is 18.3 Å². The molecule has 0 bridgehead atoms. The summed E-state index contributed by atoms with van der Waals surface area (Å²) in [5.74, 6) is 0.557. The highest BCUT2D eigenvalue weighted by molar-refractivity contribution is 7.09. The average molecular weight is 290 g/mol. The first-order valence-corrected chi connectivity index (χ1v) is 7.34. The number of carbonyl (C=O) groups is 1. The van der Waals surface area contributed by atoms with Crippen LogP contribution >= 0.6 is 11.3 Å². The first-order chi connectivity index (χ1) is 9.54. The highest BCUT2D eigenvalue weighted by Gasteiger charge is 2.14. The molecule has 0 saturated heterocycles. The Kier molecular flexibility index (Phi) is 4.74. The van der Waals surface area contributed by atoms with Crippen molar-refractivity contribution in [1.29, 1.82) is 0 Å². The maximum atomic E-state index is 11.9. The molecule has 0 aliphatic rings. The Morgan fingerprint density at radius 1 is 1.35 bits per heavy atom. The van der Waals surface area contributed by atoms with E-state index in [1.807, 2.05) is 43.5 Å². The molecular weight excluding hydrogens is 272 g/mol. The molecule has 0 aliphatic heterocycles. The van der Waals surface area contributed by atoms with Crippen LogP contribution in [0.5, 0.6) is 5.75 Å². The van der Waals surface area contributed by atoms with Crippen LogP contribution in [0.4, 0.5) is 0 Å². The third-order valence-corrected chi connectivity index (χ3v) is 3.75. The number of thiazole rings is 1. The molecule has 20 heavy (non-hydrogen) atoms. The van der Waals surface area contributed by atoms with Gasteiger partial charge in [-0.3, -0.25) is 4.79 Å². The Morgan fingerprint density at radius 3 is 2.65 bits per heavy atom. The van der Waals surface area contributed by atoms with Crippen molar-refractivity contribution in [3.8, 4) is 5.75 Å². The minimum Gasteiger partial charge on any atom is -0.481 e. The molecule has 106 valence electrons. The van der Waals surface area contributed by atoms with E-state index in [1.165, 1.54) is 0 Å². The molecule has 0 saturated carbocycles. The molecule has 1 amide bonds. The van der Waals surface area contributed by atoms with Crippen LogP contribution in [0.3, 0.4) is 0 Å². The van der Waals surface area contributed by atoms with E-state index in [-0.39, 0.29) is 5.91 Å².